The van der Waals surface area contributed by atoms with Crippen molar-refractivity contribution in [3.63, 3.8) is 0 Å². The molecule has 1 aromatic carbocycles. The summed E-state index contributed by atoms with van der Waals surface area (Å²) in [6.07, 6.45) is 0. The maximum atomic E-state index is 12.0. The summed E-state index contributed by atoms with van der Waals surface area (Å²) in [7, 11) is 0. The number of nitrogens with one attached hydrogen (secondary N) is 1. The fourth-order valence-corrected chi connectivity index (χ4v) is 4.64. The van der Waals surface area contributed by atoms with Gasteiger partial charge in [0.15, 0.2) is 0 Å². The second-order valence-electron chi connectivity index (χ2n) is 7.00. The number of rotatable bonds is 6. The molecule has 0 bridgehead atoms. The van der Waals surface area contributed by atoms with Gasteiger partial charge in [-0.15, -0.1) is 11.3 Å². The van der Waals surface area contributed by atoms with E-state index < -0.39 is 0 Å². The van der Waals surface area contributed by atoms with Crippen molar-refractivity contribution in [3.8, 4) is 0 Å². The summed E-state index contributed by atoms with van der Waals surface area (Å²) < 4.78 is 10.9. The quantitative estimate of drug-likeness (QED) is 0.613. The molecule has 1 aliphatic rings. The van der Waals surface area contributed by atoms with Crippen molar-refractivity contribution < 1.29 is 9.15 Å². The number of ether oxygens (including phenoxy) is 1. The van der Waals surface area contributed by atoms with Gasteiger partial charge in [-0.25, -0.2) is 4.79 Å². The standard InChI is InChI=1S/C21H23ClN2O3S/c1-14-9-19-16(11-17(14)22)15(10-21(25)27-19)12-23-13-18(20-3-2-8-28-20)24-4-6-26-7-5-24/h2-3,8-11,18,23H,4-7,12-13H2,1H3/t18-/m1/s1. The summed E-state index contributed by atoms with van der Waals surface area (Å²) in [6.45, 7) is 6.67. The van der Waals surface area contributed by atoms with E-state index in [-0.39, 0.29) is 5.63 Å². The molecule has 0 radical (unpaired) electrons. The maximum Gasteiger partial charge on any atom is 0.336 e. The summed E-state index contributed by atoms with van der Waals surface area (Å²) in [5, 5.41) is 7.21. The Labute approximate surface area is 172 Å². The number of hydrogen-bond acceptors (Lipinski definition) is 6. The van der Waals surface area contributed by atoms with E-state index in [1.165, 1.54) is 4.88 Å². The highest BCUT2D eigenvalue weighted by atomic mass is 35.5. The molecule has 3 heterocycles. The van der Waals surface area contributed by atoms with Crippen LogP contribution >= 0.6 is 22.9 Å². The molecule has 1 fully saturated rings. The van der Waals surface area contributed by atoms with Crippen LogP contribution in [-0.4, -0.2) is 37.7 Å². The Morgan fingerprint density at radius 2 is 2.11 bits per heavy atom. The number of aryl methyl sites for hydroxylation is 1. The topological polar surface area (TPSA) is 54.7 Å². The average Bonchev–Trinajstić information content (AvgIpc) is 3.21. The number of nitrogens with zero attached hydrogens (tertiary/aromatic N) is 1. The highest BCUT2D eigenvalue weighted by molar-refractivity contribution is 7.10. The van der Waals surface area contributed by atoms with Crippen molar-refractivity contribution in [2.75, 3.05) is 32.8 Å². The van der Waals surface area contributed by atoms with Crippen molar-refractivity contribution in [1.29, 1.82) is 0 Å². The van der Waals surface area contributed by atoms with Gasteiger partial charge in [-0.1, -0.05) is 17.7 Å². The molecule has 4 rings (SSSR count). The van der Waals surface area contributed by atoms with Crippen LogP contribution < -0.4 is 10.9 Å². The average molecular weight is 419 g/mol. The smallest absolute Gasteiger partial charge is 0.336 e. The minimum Gasteiger partial charge on any atom is -0.423 e. The monoisotopic (exact) mass is 418 g/mol. The van der Waals surface area contributed by atoms with Gasteiger partial charge in [-0.3, -0.25) is 4.90 Å². The first-order valence-corrected chi connectivity index (χ1v) is 10.7. The van der Waals surface area contributed by atoms with Gasteiger partial charge < -0.3 is 14.5 Å². The molecule has 0 unspecified atom stereocenters. The molecule has 0 amide bonds. The van der Waals surface area contributed by atoms with Crippen LogP contribution in [-0.2, 0) is 11.3 Å². The minimum absolute atomic E-state index is 0.293. The third-order valence-electron chi connectivity index (χ3n) is 5.12. The van der Waals surface area contributed by atoms with Crippen molar-refractivity contribution in [2.24, 2.45) is 0 Å². The van der Waals surface area contributed by atoms with Crippen LogP contribution in [0.3, 0.4) is 0 Å². The molecular formula is C21H23ClN2O3S. The molecule has 0 saturated carbocycles. The Bertz CT molecular complexity index is 997. The molecule has 1 saturated heterocycles. The fourth-order valence-electron chi connectivity index (χ4n) is 3.62. The van der Waals surface area contributed by atoms with E-state index >= 15 is 0 Å². The third kappa shape index (κ3) is 4.31. The van der Waals surface area contributed by atoms with Crippen LogP contribution in [0.25, 0.3) is 11.0 Å². The highest BCUT2D eigenvalue weighted by Gasteiger charge is 2.23. The minimum atomic E-state index is -0.339. The van der Waals surface area contributed by atoms with E-state index in [1.807, 2.05) is 19.1 Å². The van der Waals surface area contributed by atoms with Gasteiger partial charge >= 0.3 is 5.63 Å². The van der Waals surface area contributed by atoms with E-state index in [9.17, 15) is 4.79 Å². The first-order chi connectivity index (χ1) is 13.6. The lowest BCUT2D eigenvalue weighted by atomic mass is 10.1. The van der Waals surface area contributed by atoms with Crippen molar-refractivity contribution >= 4 is 33.9 Å². The SMILES string of the molecule is Cc1cc2oc(=O)cc(CNC[C@H](c3cccs3)N3CCOCC3)c2cc1Cl. The Morgan fingerprint density at radius 3 is 2.86 bits per heavy atom. The molecule has 0 aliphatic carbocycles. The van der Waals surface area contributed by atoms with Crippen LogP contribution in [0.15, 0.2) is 44.9 Å². The van der Waals surface area contributed by atoms with E-state index in [4.69, 9.17) is 20.8 Å². The van der Waals surface area contributed by atoms with Gasteiger partial charge in [-0.2, -0.15) is 0 Å². The van der Waals surface area contributed by atoms with Gasteiger partial charge in [0, 0.05) is 47.5 Å². The van der Waals surface area contributed by atoms with E-state index in [1.54, 1.807) is 17.4 Å². The van der Waals surface area contributed by atoms with E-state index in [2.05, 4.69) is 27.7 Å². The predicted molar refractivity (Wildman–Crippen MR) is 113 cm³/mol. The van der Waals surface area contributed by atoms with Crippen LogP contribution in [0, 0.1) is 6.92 Å². The van der Waals surface area contributed by atoms with Crippen LogP contribution in [0.5, 0.6) is 0 Å². The van der Waals surface area contributed by atoms with Gasteiger partial charge in [0.1, 0.15) is 5.58 Å². The lowest BCUT2D eigenvalue weighted by molar-refractivity contribution is 0.0168. The Kier molecular flexibility index (Phi) is 6.13. The van der Waals surface area contributed by atoms with Crippen LogP contribution in [0.4, 0.5) is 0 Å². The lowest BCUT2D eigenvalue weighted by Crippen LogP contribution is -2.42. The number of fused-ring (bicyclic) bond motifs is 1. The highest BCUT2D eigenvalue weighted by Crippen LogP contribution is 2.27. The number of halogens is 1. The largest absolute Gasteiger partial charge is 0.423 e. The molecule has 1 aliphatic heterocycles. The normalized spacial score (nSPS) is 16.5. The Hall–Kier alpha value is -1.70. The number of benzene rings is 1. The summed E-state index contributed by atoms with van der Waals surface area (Å²) >= 11 is 8.07. The second-order valence-corrected chi connectivity index (χ2v) is 8.39. The van der Waals surface area contributed by atoms with Crippen molar-refractivity contribution in [3.05, 3.63) is 67.2 Å². The molecule has 7 heteroatoms. The molecule has 3 aromatic rings. The predicted octanol–water partition coefficient (Wildman–Crippen LogP) is 3.98. The summed E-state index contributed by atoms with van der Waals surface area (Å²) in [6, 6.07) is 9.82. The van der Waals surface area contributed by atoms with Crippen LogP contribution in [0.1, 0.15) is 22.0 Å². The maximum absolute atomic E-state index is 12.0. The molecule has 1 N–H and O–H groups in total. The zero-order valence-electron chi connectivity index (χ0n) is 15.7. The summed E-state index contributed by atoms with van der Waals surface area (Å²) in [5.41, 5.74) is 2.04. The van der Waals surface area contributed by atoms with Crippen molar-refractivity contribution in [2.45, 2.75) is 19.5 Å². The van der Waals surface area contributed by atoms with E-state index in [0.717, 1.165) is 49.4 Å². The van der Waals surface area contributed by atoms with Gasteiger partial charge in [0.05, 0.1) is 19.3 Å². The molecule has 1 atom stereocenters. The molecule has 28 heavy (non-hydrogen) atoms. The molecule has 2 aromatic heterocycles. The van der Waals surface area contributed by atoms with Crippen molar-refractivity contribution in [1.82, 2.24) is 10.2 Å². The second kappa shape index (κ2) is 8.76. The molecular weight excluding hydrogens is 396 g/mol. The molecule has 5 nitrogen and oxygen atoms in total. The number of morpholine rings is 1. The van der Waals surface area contributed by atoms with Gasteiger partial charge in [-0.05, 0) is 41.6 Å². The summed E-state index contributed by atoms with van der Waals surface area (Å²) in [4.78, 5) is 15.8. The summed E-state index contributed by atoms with van der Waals surface area (Å²) in [5.74, 6) is 0. The van der Waals surface area contributed by atoms with E-state index in [0.29, 0.717) is 23.2 Å². The van der Waals surface area contributed by atoms with Crippen LogP contribution in [0.2, 0.25) is 5.02 Å². The Morgan fingerprint density at radius 1 is 1.29 bits per heavy atom. The number of hydrogen-bond donors (Lipinski definition) is 1. The lowest BCUT2D eigenvalue weighted by Gasteiger charge is -2.34. The third-order valence-corrected chi connectivity index (χ3v) is 6.50. The Balaban J connectivity index is 1.53. The fraction of sp³-hybridized carbons (Fsp3) is 0.381. The zero-order chi connectivity index (χ0) is 19.5. The van der Waals surface area contributed by atoms with Gasteiger partial charge in [0.2, 0.25) is 0 Å². The first-order valence-electron chi connectivity index (χ1n) is 9.40. The molecule has 148 valence electrons. The molecule has 0 spiro atoms. The first kappa shape index (κ1) is 19.6. The number of thiophene rings is 1. The van der Waals surface area contributed by atoms with Gasteiger partial charge in [0.25, 0.3) is 0 Å². The zero-order valence-corrected chi connectivity index (χ0v) is 17.3.